The number of sulfonamides is 1. The molecule has 1 N–H and O–H groups in total. The Balaban J connectivity index is 1.46. The first-order chi connectivity index (χ1) is 23.8. The lowest BCUT2D eigenvalue weighted by Crippen LogP contribution is -2.47. The van der Waals surface area contributed by atoms with E-state index < -0.39 is 28.7 Å². The number of methoxy groups -OCH3 is 1. The summed E-state index contributed by atoms with van der Waals surface area (Å²) in [6, 6.07) is 8.74. The van der Waals surface area contributed by atoms with Gasteiger partial charge in [0.05, 0.1) is 31.2 Å². The van der Waals surface area contributed by atoms with Crippen LogP contribution < -0.4 is 23.5 Å². The number of pyridine rings is 1. The predicted molar refractivity (Wildman–Crippen MR) is 185 cm³/mol. The quantitative estimate of drug-likeness (QED) is 0.178. The van der Waals surface area contributed by atoms with E-state index in [0.29, 0.717) is 30.2 Å². The number of rotatable bonds is 16. The zero-order chi connectivity index (χ0) is 36.0. The van der Waals surface area contributed by atoms with Gasteiger partial charge in [-0.2, -0.15) is 8.78 Å². The number of alkyl halides is 2. The van der Waals surface area contributed by atoms with E-state index >= 15 is 0 Å². The van der Waals surface area contributed by atoms with Gasteiger partial charge in [0.1, 0.15) is 21.9 Å². The molecule has 2 aromatic carbocycles. The van der Waals surface area contributed by atoms with Crippen LogP contribution in [0.2, 0.25) is 10.0 Å². The molecule has 1 aromatic heterocycles. The second-order valence-electron chi connectivity index (χ2n) is 12.4. The van der Waals surface area contributed by atoms with Gasteiger partial charge in [0.15, 0.2) is 23.9 Å². The Morgan fingerprint density at radius 3 is 2.32 bits per heavy atom. The maximum Gasteiger partial charge on any atom is 0.387 e. The van der Waals surface area contributed by atoms with Crippen molar-refractivity contribution in [2.45, 2.75) is 32.0 Å². The summed E-state index contributed by atoms with van der Waals surface area (Å²) in [6.45, 7) is 1.21. The van der Waals surface area contributed by atoms with E-state index in [0.717, 1.165) is 45.3 Å². The van der Waals surface area contributed by atoms with Crippen LogP contribution in [-0.4, -0.2) is 97.1 Å². The number of nitrogens with one attached hydrogen (secondary N) is 1. The van der Waals surface area contributed by atoms with Crippen molar-refractivity contribution < 1.29 is 45.9 Å². The number of ether oxygens (including phenoxy) is 4. The molecule has 0 unspecified atom stereocenters. The lowest BCUT2D eigenvalue weighted by Gasteiger charge is -2.34. The summed E-state index contributed by atoms with van der Waals surface area (Å²) >= 11 is 13.0. The molecule has 272 valence electrons. The van der Waals surface area contributed by atoms with E-state index in [1.807, 2.05) is 7.05 Å². The van der Waals surface area contributed by atoms with Crippen molar-refractivity contribution in [1.82, 2.24) is 9.80 Å². The number of benzene rings is 2. The Bertz CT molecular complexity index is 1740. The van der Waals surface area contributed by atoms with Gasteiger partial charge in [-0.3, -0.25) is 9.21 Å². The van der Waals surface area contributed by atoms with E-state index in [9.17, 15) is 22.0 Å². The molecule has 5 rings (SSSR count). The number of esters is 1. The SMILES string of the molecule is COc1ccc(C(=O)O[C@@H](Cc2c(Cl)c[nH+]cc2Cl)c2ccc(OC(F)F)c(OCC3CC3)c2)cc1N(CCN1CCN(C)CC1)S(C)(=O)=O. The molecule has 2 aliphatic rings. The highest BCUT2D eigenvalue weighted by Crippen LogP contribution is 2.38. The second kappa shape index (κ2) is 16.7. The van der Waals surface area contributed by atoms with E-state index in [1.165, 1.54) is 60.2 Å². The maximum absolute atomic E-state index is 13.9. The number of anilines is 1. The average molecular weight is 759 g/mol. The molecule has 16 heteroatoms. The Morgan fingerprint density at radius 2 is 1.70 bits per heavy atom. The van der Waals surface area contributed by atoms with E-state index in [4.69, 9.17) is 42.1 Å². The van der Waals surface area contributed by atoms with Crippen LogP contribution in [0.1, 0.15) is 40.4 Å². The van der Waals surface area contributed by atoms with Gasteiger partial charge >= 0.3 is 12.6 Å². The molecule has 0 spiro atoms. The van der Waals surface area contributed by atoms with Crippen LogP contribution in [0.4, 0.5) is 14.5 Å². The number of halogens is 4. The van der Waals surface area contributed by atoms with Crippen molar-refractivity contribution >= 4 is 44.9 Å². The van der Waals surface area contributed by atoms with Gasteiger partial charge in [-0.15, -0.1) is 0 Å². The molecule has 1 saturated heterocycles. The lowest BCUT2D eigenvalue weighted by atomic mass is 10.0. The van der Waals surface area contributed by atoms with Crippen molar-refractivity contribution in [3.05, 3.63) is 75.5 Å². The highest BCUT2D eigenvalue weighted by molar-refractivity contribution is 7.92. The minimum Gasteiger partial charge on any atom is -0.495 e. The van der Waals surface area contributed by atoms with E-state index in [2.05, 4.69) is 14.8 Å². The standard InChI is InChI=1S/C34H40Cl2F2N4O7S/c1-40-10-12-41(13-11-40)14-15-42(50(3,44)45)28-16-24(7-8-29(28)46-2)33(43)48-31(18-25-26(35)19-39-20-27(25)36)23-6-9-30(49-34(37)38)32(17-23)47-21-22-4-5-22/h6-9,16-17,19-20,22,31,34H,4-5,10-15,18,21H2,1-3H3/p+1/t31-/m0/s1. The van der Waals surface area contributed by atoms with Gasteiger partial charge in [0.2, 0.25) is 10.0 Å². The summed E-state index contributed by atoms with van der Waals surface area (Å²) in [5.41, 5.74) is 1.12. The number of likely N-dealkylation sites (N-methyl/N-ethyl adjacent to an activating group) is 1. The van der Waals surface area contributed by atoms with Gasteiger partial charge in [-0.1, -0.05) is 29.3 Å². The number of hydrogen-bond acceptors (Lipinski definition) is 9. The van der Waals surface area contributed by atoms with Crippen molar-refractivity contribution in [3.63, 3.8) is 0 Å². The van der Waals surface area contributed by atoms with Crippen LogP contribution in [0.15, 0.2) is 48.8 Å². The molecular formula is C34H41Cl2F2N4O7S+. The van der Waals surface area contributed by atoms with Gasteiger partial charge in [0, 0.05) is 51.3 Å². The van der Waals surface area contributed by atoms with Crippen molar-refractivity contribution in [2.24, 2.45) is 5.92 Å². The fourth-order valence-electron chi connectivity index (χ4n) is 5.59. The normalized spacial score (nSPS) is 16.2. The Labute approximate surface area is 301 Å². The summed E-state index contributed by atoms with van der Waals surface area (Å²) in [5.74, 6) is -0.285. The Morgan fingerprint density at radius 1 is 1.02 bits per heavy atom. The third-order valence-electron chi connectivity index (χ3n) is 8.66. The molecule has 2 fully saturated rings. The Hall–Kier alpha value is -3.43. The highest BCUT2D eigenvalue weighted by Gasteiger charge is 2.29. The Kier molecular flexibility index (Phi) is 12.6. The summed E-state index contributed by atoms with van der Waals surface area (Å²) in [4.78, 5) is 21.1. The first-order valence-electron chi connectivity index (χ1n) is 16.2. The fraction of sp³-hybridized carbons (Fsp3) is 0.471. The monoisotopic (exact) mass is 757 g/mol. The predicted octanol–water partition coefficient (Wildman–Crippen LogP) is 5.36. The molecule has 1 aliphatic heterocycles. The van der Waals surface area contributed by atoms with Crippen LogP contribution in [-0.2, 0) is 21.2 Å². The zero-order valence-corrected chi connectivity index (χ0v) is 30.4. The topological polar surface area (TPSA) is 112 Å². The molecule has 11 nitrogen and oxygen atoms in total. The van der Waals surface area contributed by atoms with Crippen molar-refractivity contribution in [3.8, 4) is 17.2 Å². The van der Waals surface area contributed by atoms with Gasteiger partial charge in [-0.25, -0.2) is 18.2 Å². The maximum atomic E-state index is 13.9. The molecule has 3 aromatic rings. The summed E-state index contributed by atoms with van der Waals surface area (Å²) in [5, 5.41) is 0.578. The van der Waals surface area contributed by atoms with Gasteiger partial charge in [0.25, 0.3) is 0 Å². The number of aromatic nitrogens is 1. The van der Waals surface area contributed by atoms with Crippen LogP contribution >= 0.6 is 23.2 Å². The molecule has 2 heterocycles. The van der Waals surface area contributed by atoms with Crippen LogP contribution in [0.3, 0.4) is 0 Å². The second-order valence-corrected chi connectivity index (χ2v) is 15.2. The minimum atomic E-state index is -3.79. The summed E-state index contributed by atoms with van der Waals surface area (Å²) < 4.78 is 76.1. The molecule has 0 amide bonds. The zero-order valence-electron chi connectivity index (χ0n) is 28.0. The third-order valence-corrected chi connectivity index (χ3v) is 10.5. The lowest BCUT2D eigenvalue weighted by molar-refractivity contribution is -0.377. The number of carbonyl (C=O) groups is 1. The van der Waals surface area contributed by atoms with Crippen LogP contribution in [0, 0.1) is 5.92 Å². The van der Waals surface area contributed by atoms with Gasteiger partial charge < -0.3 is 23.8 Å². The van der Waals surface area contributed by atoms with E-state index in [-0.39, 0.29) is 51.5 Å². The van der Waals surface area contributed by atoms with Crippen LogP contribution in [0.25, 0.3) is 0 Å². The molecule has 1 atom stereocenters. The first-order valence-corrected chi connectivity index (χ1v) is 18.8. The van der Waals surface area contributed by atoms with Crippen molar-refractivity contribution in [2.75, 3.05) is 70.6 Å². The summed E-state index contributed by atoms with van der Waals surface area (Å²) in [6.07, 6.45) is 5.10. The molecular weight excluding hydrogens is 717 g/mol. The first kappa shape index (κ1) is 37.8. The highest BCUT2D eigenvalue weighted by atomic mass is 35.5. The smallest absolute Gasteiger partial charge is 0.387 e. The third kappa shape index (κ3) is 10.1. The largest absolute Gasteiger partial charge is 0.495 e. The van der Waals surface area contributed by atoms with Crippen molar-refractivity contribution in [1.29, 1.82) is 0 Å². The molecule has 1 saturated carbocycles. The number of hydrogen-bond donors (Lipinski definition) is 0. The molecule has 0 radical (unpaired) electrons. The fourth-order valence-corrected chi connectivity index (χ4v) is 7.03. The number of H-pyrrole nitrogens is 1. The molecule has 0 bridgehead atoms. The average Bonchev–Trinajstić information content (AvgIpc) is 3.90. The summed E-state index contributed by atoms with van der Waals surface area (Å²) in [7, 11) is -0.331. The van der Waals surface area contributed by atoms with Gasteiger partial charge in [-0.05, 0) is 61.7 Å². The minimum absolute atomic E-state index is 0.0126. The molecule has 1 aliphatic carbocycles. The number of carbonyl (C=O) groups excluding carboxylic acids is 1. The number of nitrogens with zero attached hydrogens (tertiary/aromatic N) is 3. The molecule has 50 heavy (non-hydrogen) atoms. The van der Waals surface area contributed by atoms with Crippen LogP contribution in [0.5, 0.6) is 17.2 Å². The number of piperazine rings is 1. The van der Waals surface area contributed by atoms with E-state index in [1.54, 1.807) is 0 Å². The number of aromatic amines is 1.